The molecule has 0 unspecified atom stereocenters. The van der Waals surface area contributed by atoms with E-state index in [2.05, 4.69) is 20.8 Å². The fraction of sp³-hybridized carbons (Fsp3) is 0.462. The second-order valence-electron chi connectivity index (χ2n) is 9.69. The first-order valence-electron chi connectivity index (χ1n) is 12.6. The van der Waals surface area contributed by atoms with Gasteiger partial charge in [-0.2, -0.15) is 5.10 Å². The lowest BCUT2D eigenvalue weighted by Gasteiger charge is -2.37. The number of morpholine rings is 1. The molecule has 10 nitrogen and oxygen atoms in total. The molecular weight excluding hydrogens is 458 g/mol. The van der Waals surface area contributed by atoms with Crippen molar-refractivity contribution in [1.29, 1.82) is 0 Å². The Kier molecular flexibility index (Phi) is 7.04. The highest BCUT2D eigenvalue weighted by molar-refractivity contribution is 6.03. The first-order valence-corrected chi connectivity index (χ1v) is 12.6. The lowest BCUT2D eigenvalue weighted by atomic mass is 10.0. The molecule has 190 valence electrons. The Morgan fingerprint density at radius 3 is 2.50 bits per heavy atom. The number of benzene rings is 1. The molecule has 0 saturated carbocycles. The van der Waals surface area contributed by atoms with Gasteiger partial charge in [-0.25, -0.2) is 9.78 Å². The monoisotopic (exact) mass is 491 g/mol. The van der Waals surface area contributed by atoms with Crippen LogP contribution >= 0.6 is 0 Å². The number of carbonyl (C=O) groups excluding carboxylic acids is 2. The summed E-state index contributed by atoms with van der Waals surface area (Å²) in [5.74, 6) is 0.421. The number of likely N-dealkylation sites (tertiary alicyclic amines) is 1. The van der Waals surface area contributed by atoms with Crippen LogP contribution in [0.5, 0.6) is 0 Å². The van der Waals surface area contributed by atoms with Crippen molar-refractivity contribution >= 4 is 28.7 Å². The maximum absolute atomic E-state index is 13.4. The highest BCUT2D eigenvalue weighted by Crippen LogP contribution is 2.27. The van der Waals surface area contributed by atoms with Crippen LogP contribution < -0.4 is 10.6 Å². The van der Waals surface area contributed by atoms with Gasteiger partial charge in [0.25, 0.3) is 5.91 Å². The van der Waals surface area contributed by atoms with Gasteiger partial charge < -0.3 is 25.2 Å². The summed E-state index contributed by atoms with van der Waals surface area (Å²) in [4.78, 5) is 34.7. The van der Waals surface area contributed by atoms with Crippen LogP contribution in [0.3, 0.4) is 0 Å². The molecule has 0 spiro atoms. The highest BCUT2D eigenvalue weighted by atomic mass is 16.5. The summed E-state index contributed by atoms with van der Waals surface area (Å²) in [7, 11) is 0. The zero-order valence-electron chi connectivity index (χ0n) is 20.8. The first kappa shape index (κ1) is 24.1. The molecule has 2 fully saturated rings. The fourth-order valence-corrected chi connectivity index (χ4v) is 4.75. The van der Waals surface area contributed by atoms with Crippen molar-refractivity contribution < 1.29 is 14.3 Å². The summed E-state index contributed by atoms with van der Waals surface area (Å²) < 4.78 is 5.35. The molecule has 2 saturated heterocycles. The van der Waals surface area contributed by atoms with E-state index in [9.17, 15) is 9.59 Å². The zero-order chi connectivity index (χ0) is 25.1. The van der Waals surface area contributed by atoms with Crippen LogP contribution in [0.4, 0.5) is 10.6 Å². The number of amides is 3. The standard InChI is InChI=1S/C26H33N7O3/c1-17(2)29-24-22(14-19-13-18(3-4-23(19)31-24)20-15-27-28-16-20)25(34)30-21-5-7-32(8-6-21)26(35)33-9-11-36-12-10-33/h3-4,13-17,21H,5-12H2,1-2H3,(H,27,28)(H,29,31)(H,30,34). The normalized spacial score (nSPS) is 17.0. The minimum atomic E-state index is -0.154. The fourth-order valence-electron chi connectivity index (χ4n) is 4.75. The summed E-state index contributed by atoms with van der Waals surface area (Å²) in [6.07, 6.45) is 5.06. The Labute approximate surface area is 210 Å². The van der Waals surface area contributed by atoms with Gasteiger partial charge in [-0.1, -0.05) is 6.07 Å². The number of aromatic nitrogens is 3. The number of anilines is 1. The number of ether oxygens (including phenoxy) is 1. The molecule has 3 amide bonds. The second kappa shape index (κ2) is 10.5. The van der Waals surface area contributed by atoms with E-state index < -0.39 is 0 Å². The number of aromatic amines is 1. The number of fused-ring (bicyclic) bond motifs is 1. The van der Waals surface area contributed by atoms with Gasteiger partial charge in [-0.3, -0.25) is 9.89 Å². The maximum atomic E-state index is 13.4. The molecule has 2 aliphatic rings. The van der Waals surface area contributed by atoms with Crippen molar-refractivity contribution in [1.82, 2.24) is 30.3 Å². The molecule has 2 aliphatic heterocycles. The largest absolute Gasteiger partial charge is 0.378 e. The van der Waals surface area contributed by atoms with Crippen molar-refractivity contribution in [2.75, 3.05) is 44.7 Å². The van der Waals surface area contributed by atoms with Gasteiger partial charge in [0.2, 0.25) is 0 Å². The average molecular weight is 492 g/mol. The SMILES string of the molecule is CC(C)Nc1nc2ccc(-c3cn[nH]c3)cc2cc1C(=O)NC1CCN(C(=O)N2CCOCC2)CC1. The van der Waals surface area contributed by atoms with E-state index >= 15 is 0 Å². The van der Waals surface area contributed by atoms with Crippen molar-refractivity contribution in [3.8, 4) is 11.1 Å². The van der Waals surface area contributed by atoms with Gasteiger partial charge in [-0.15, -0.1) is 0 Å². The first-order chi connectivity index (χ1) is 17.5. The maximum Gasteiger partial charge on any atom is 0.320 e. The van der Waals surface area contributed by atoms with Crippen LogP contribution in [0.1, 0.15) is 37.0 Å². The van der Waals surface area contributed by atoms with Gasteiger partial charge in [0.05, 0.1) is 30.5 Å². The molecule has 10 heteroatoms. The Balaban J connectivity index is 1.30. The van der Waals surface area contributed by atoms with Gasteiger partial charge >= 0.3 is 6.03 Å². The number of hydrogen-bond donors (Lipinski definition) is 3. The topological polar surface area (TPSA) is 115 Å². The number of urea groups is 1. The summed E-state index contributed by atoms with van der Waals surface area (Å²) in [5, 5.41) is 14.3. The Morgan fingerprint density at radius 2 is 1.81 bits per heavy atom. The highest BCUT2D eigenvalue weighted by Gasteiger charge is 2.28. The van der Waals surface area contributed by atoms with E-state index in [4.69, 9.17) is 9.72 Å². The third-order valence-corrected chi connectivity index (χ3v) is 6.70. The van der Waals surface area contributed by atoms with Crippen LogP contribution in [0.2, 0.25) is 0 Å². The molecule has 0 atom stereocenters. The van der Waals surface area contributed by atoms with Gasteiger partial charge in [0.15, 0.2) is 0 Å². The van der Waals surface area contributed by atoms with Crippen molar-refractivity contribution in [3.05, 3.63) is 42.2 Å². The van der Waals surface area contributed by atoms with E-state index in [1.807, 2.05) is 54.1 Å². The lowest BCUT2D eigenvalue weighted by Crippen LogP contribution is -2.52. The van der Waals surface area contributed by atoms with Gasteiger partial charge in [0, 0.05) is 55.4 Å². The molecule has 3 aromatic rings. The minimum Gasteiger partial charge on any atom is -0.378 e. The van der Waals surface area contributed by atoms with Crippen molar-refractivity contribution in [3.63, 3.8) is 0 Å². The summed E-state index contributed by atoms with van der Waals surface area (Å²) in [5.41, 5.74) is 3.32. The molecule has 0 aliphatic carbocycles. The van der Waals surface area contributed by atoms with Crippen molar-refractivity contribution in [2.24, 2.45) is 0 Å². The van der Waals surface area contributed by atoms with E-state index in [1.54, 1.807) is 6.20 Å². The third kappa shape index (κ3) is 5.28. The van der Waals surface area contributed by atoms with Gasteiger partial charge in [-0.05, 0) is 50.5 Å². The lowest BCUT2D eigenvalue weighted by molar-refractivity contribution is 0.0407. The minimum absolute atomic E-state index is 0.00565. The Morgan fingerprint density at radius 1 is 1.06 bits per heavy atom. The summed E-state index contributed by atoms with van der Waals surface area (Å²) in [6.45, 7) is 7.76. The number of rotatable bonds is 5. The molecule has 5 rings (SSSR count). The van der Waals surface area contributed by atoms with Crippen LogP contribution in [0, 0.1) is 0 Å². The molecule has 3 N–H and O–H groups in total. The third-order valence-electron chi connectivity index (χ3n) is 6.70. The molecular formula is C26H33N7O3. The average Bonchev–Trinajstić information content (AvgIpc) is 3.43. The Bertz CT molecular complexity index is 1210. The number of piperidine rings is 1. The number of nitrogens with zero attached hydrogens (tertiary/aromatic N) is 4. The van der Waals surface area contributed by atoms with Crippen LogP contribution in [-0.4, -0.2) is 88.4 Å². The van der Waals surface area contributed by atoms with E-state index in [-0.39, 0.29) is 24.0 Å². The van der Waals surface area contributed by atoms with Gasteiger partial charge in [0.1, 0.15) is 5.82 Å². The summed E-state index contributed by atoms with van der Waals surface area (Å²) in [6, 6.07) is 8.10. The smallest absolute Gasteiger partial charge is 0.320 e. The van der Waals surface area contributed by atoms with Crippen molar-refractivity contribution in [2.45, 2.75) is 38.8 Å². The van der Waals surface area contributed by atoms with Crippen LogP contribution in [0.15, 0.2) is 36.7 Å². The van der Waals surface area contributed by atoms with Crippen LogP contribution in [-0.2, 0) is 4.74 Å². The second-order valence-corrected chi connectivity index (χ2v) is 9.69. The quantitative estimate of drug-likeness (QED) is 0.505. The molecule has 4 heterocycles. The molecule has 0 radical (unpaired) electrons. The molecule has 0 bridgehead atoms. The zero-order valence-corrected chi connectivity index (χ0v) is 20.8. The van der Waals surface area contributed by atoms with E-state index in [0.717, 1.165) is 34.9 Å². The van der Waals surface area contributed by atoms with E-state index in [1.165, 1.54) is 0 Å². The Hall–Kier alpha value is -3.66. The number of hydrogen-bond acceptors (Lipinski definition) is 6. The number of nitrogens with one attached hydrogen (secondary N) is 3. The molecule has 1 aromatic carbocycles. The number of pyridine rings is 1. The van der Waals surface area contributed by atoms with Crippen LogP contribution in [0.25, 0.3) is 22.0 Å². The molecule has 2 aromatic heterocycles. The molecule has 36 heavy (non-hydrogen) atoms. The number of carbonyl (C=O) groups is 2. The van der Waals surface area contributed by atoms with E-state index in [0.29, 0.717) is 50.8 Å². The summed E-state index contributed by atoms with van der Waals surface area (Å²) >= 11 is 0. The predicted molar refractivity (Wildman–Crippen MR) is 138 cm³/mol. The predicted octanol–water partition coefficient (Wildman–Crippen LogP) is 3.09. The number of H-pyrrole nitrogens is 1.